The summed E-state index contributed by atoms with van der Waals surface area (Å²) in [6, 6.07) is 0. The predicted molar refractivity (Wildman–Crippen MR) is 75.0 cm³/mol. The van der Waals surface area contributed by atoms with E-state index in [4.69, 9.17) is 0 Å². The van der Waals surface area contributed by atoms with Gasteiger partial charge in [-0.1, -0.05) is 26.7 Å². The van der Waals surface area contributed by atoms with E-state index in [-0.39, 0.29) is 5.54 Å². The van der Waals surface area contributed by atoms with Crippen LogP contribution in [0.2, 0.25) is 0 Å². The molecule has 1 aliphatic rings. The van der Waals surface area contributed by atoms with Gasteiger partial charge in [-0.15, -0.1) is 0 Å². The molecule has 0 aromatic heterocycles. The molecule has 3 heteroatoms. The van der Waals surface area contributed by atoms with Crippen molar-refractivity contribution in [1.82, 2.24) is 9.91 Å². The maximum absolute atomic E-state index is 4.59. The van der Waals surface area contributed by atoms with Gasteiger partial charge in [0.1, 0.15) is 12.5 Å². The third kappa shape index (κ3) is 3.90. The Morgan fingerprint density at radius 1 is 1.12 bits per heavy atom. The molecule has 0 fully saturated rings. The van der Waals surface area contributed by atoms with Crippen LogP contribution in [-0.4, -0.2) is 34.5 Å². The van der Waals surface area contributed by atoms with Gasteiger partial charge in [0.15, 0.2) is 0 Å². The zero-order chi connectivity index (χ0) is 12.9. The van der Waals surface area contributed by atoms with Crippen molar-refractivity contribution in [2.45, 2.75) is 78.4 Å². The van der Waals surface area contributed by atoms with Crippen molar-refractivity contribution in [2.75, 3.05) is 6.54 Å². The summed E-state index contributed by atoms with van der Waals surface area (Å²) in [4.78, 5) is 2.42. The van der Waals surface area contributed by atoms with Crippen molar-refractivity contribution >= 4 is 6.34 Å². The fourth-order valence-corrected chi connectivity index (χ4v) is 2.24. The number of nitrogens with zero attached hydrogens (tertiary/aromatic N) is 3. The van der Waals surface area contributed by atoms with Crippen molar-refractivity contribution in [2.24, 2.45) is 5.10 Å². The highest BCUT2D eigenvalue weighted by atomic mass is 15.6. The second-order valence-corrected chi connectivity index (χ2v) is 5.95. The molecule has 17 heavy (non-hydrogen) atoms. The van der Waals surface area contributed by atoms with Crippen LogP contribution in [0.15, 0.2) is 5.10 Å². The SMILES string of the molecule is CCCCC1N(CCCC)N=CN1C(C)(C)C. The van der Waals surface area contributed by atoms with Gasteiger partial charge in [-0.2, -0.15) is 5.10 Å². The molecule has 3 nitrogen and oxygen atoms in total. The Labute approximate surface area is 107 Å². The minimum absolute atomic E-state index is 0.170. The van der Waals surface area contributed by atoms with Crippen molar-refractivity contribution in [3.8, 4) is 0 Å². The Kier molecular flexibility index (Phi) is 5.29. The summed E-state index contributed by atoms with van der Waals surface area (Å²) in [6.07, 6.45) is 8.74. The summed E-state index contributed by atoms with van der Waals surface area (Å²) >= 11 is 0. The molecule has 0 aromatic rings. The van der Waals surface area contributed by atoms with Gasteiger partial charge in [0.2, 0.25) is 0 Å². The largest absolute Gasteiger partial charge is 0.335 e. The normalized spacial score (nSPS) is 20.4. The highest BCUT2D eigenvalue weighted by molar-refractivity contribution is 5.58. The van der Waals surface area contributed by atoms with Gasteiger partial charge >= 0.3 is 0 Å². The Hall–Kier alpha value is -0.730. The minimum Gasteiger partial charge on any atom is -0.335 e. The fourth-order valence-electron chi connectivity index (χ4n) is 2.24. The maximum Gasteiger partial charge on any atom is 0.119 e. The summed E-state index contributed by atoms with van der Waals surface area (Å²) in [5, 5.41) is 6.87. The zero-order valence-electron chi connectivity index (χ0n) is 12.2. The first-order valence-corrected chi connectivity index (χ1v) is 7.10. The molecule has 0 amide bonds. The highest BCUT2D eigenvalue weighted by Crippen LogP contribution is 2.26. The van der Waals surface area contributed by atoms with E-state index in [2.05, 4.69) is 49.6 Å². The third-order valence-electron chi connectivity index (χ3n) is 3.32. The molecule has 0 spiro atoms. The zero-order valence-corrected chi connectivity index (χ0v) is 12.2. The summed E-state index contributed by atoms with van der Waals surface area (Å²) in [5.41, 5.74) is 0.170. The average molecular weight is 239 g/mol. The first-order chi connectivity index (χ1) is 8.00. The highest BCUT2D eigenvalue weighted by Gasteiger charge is 2.33. The predicted octanol–water partition coefficient (Wildman–Crippen LogP) is 3.66. The van der Waals surface area contributed by atoms with E-state index in [1.165, 1.54) is 32.1 Å². The van der Waals surface area contributed by atoms with Crippen LogP contribution in [-0.2, 0) is 0 Å². The van der Waals surface area contributed by atoms with Crippen LogP contribution < -0.4 is 0 Å². The van der Waals surface area contributed by atoms with Gasteiger partial charge in [0, 0.05) is 12.1 Å². The lowest BCUT2D eigenvalue weighted by Crippen LogP contribution is -2.49. The van der Waals surface area contributed by atoms with Gasteiger partial charge in [0.25, 0.3) is 0 Å². The summed E-state index contributed by atoms with van der Waals surface area (Å²) in [5.74, 6) is 0. The molecule has 1 unspecified atom stereocenters. The van der Waals surface area contributed by atoms with Crippen LogP contribution in [0.3, 0.4) is 0 Å². The number of unbranched alkanes of at least 4 members (excludes halogenated alkanes) is 2. The molecule has 0 aromatic carbocycles. The fraction of sp³-hybridized carbons (Fsp3) is 0.929. The van der Waals surface area contributed by atoms with Crippen LogP contribution in [0.25, 0.3) is 0 Å². The summed E-state index contributed by atoms with van der Waals surface area (Å²) < 4.78 is 0. The first kappa shape index (κ1) is 14.3. The Morgan fingerprint density at radius 3 is 2.29 bits per heavy atom. The van der Waals surface area contributed by atoms with Gasteiger partial charge in [-0.3, -0.25) is 5.01 Å². The van der Waals surface area contributed by atoms with E-state index in [1.807, 2.05) is 6.34 Å². The van der Waals surface area contributed by atoms with Crippen LogP contribution in [0, 0.1) is 0 Å². The molecule has 0 radical (unpaired) electrons. The van der Waals surface area contributed by atoms with E-state index >= 15 is 0 Å². The molecule has 1 rings (SSSR count). The molecule has 0 aliphatic carbocycles. The van der Waals surface area contributed by atoms with Crippen molar-refractivity contribution in [3.63, 3.8) is 0 Å². The molecular formula is C14H29N3. The first-order valence-electron chi connectivity index (χ1n) is 7.10. The maximum atomic E-state index is 4.59. The second kappa shape index (κ2) is 6.27. The van der Waals surface area contributed by atoms with Gasteiger partial charge in [-0.25, -0.2) is 0 Å². The quantitative estimate of drug-likeness (QED) is 0.704. The van der Waals surface area contributed by atoms with Crippen LogP contribution >= 0.6 is 0 Å². The van der Waals surface area contributed by atoms with E-state index < -0.39 is 0 Å². The monoisotopic (exact) mass is 239 g/mol. The van der Waals surface area contributed by atoms with E-state index in [0.29, 0.717) is 6.17 Å². The summed E-state index contributed by atoms with van der Waals surface area (Å²) in [6.45, 7) is 12.4. The van der Waals surface area contributed by atoms with Gasteiger partial charge in [0.05, 0.1) is 0 Å². The number of rotatable bonds is 6. The average Bonchev–Trinajstić information content (AvgIpc) is 2.66. The molecule has 0 bridgehead atoms. The molecule has 0 saturated carbocycles. The lowest BCUT2D eigenvalue weighted by molar-refractivity contribution is 0.0665. The molecule has 100 valence electrons. The Balaban J connectivity index is 2.64. The lowest BCUT2D eigenvalue weighted by atomic mass is 10.0. The Bertz CT molecular complexity index is 242. The number of hydrogen-bond acceptors (Lipinski definition) is 3. The molecule has 0 N–H and O–H groups in total. The van der Waals surface area contributed by atoms with Gasteiger partial charge < -0.3 is 4.90 Å². The van der Waals surface area contributed by atoms with E-state index in [1.54, 1.807) is 0 Å². The number of hydrogen-bond donors (Lipinski definition) is 0. The van der Waals surface area contributed by atoms with E-state index in [0.717, 1.165) is 6.54 Å². The van der Waals surface area contributed by atoms with Crippen molar-refractivity contribution in [3.05, 3.63) is 0 Å². The van der Waals surface area contributed by atoms with Crippen LogP contribution in [0.5, 0.6) is 0 Å². The minimum atomic E-state index is 0.170. The van der Waals surface area contributed by atoms with E-state index in [9.17, 15) is 0 Å². The lowest BCUT2D eigenvalue weighted by Gasteiger charge is -2.39. The van der Waals surface area contributed by atoms with Crippen molar-refractivity contribution in [1.29, 1.82) is 0 Å². The smallest absolute Gasteiger partial charge is 0.119 e. The molecule has 1 heterocycles. The molecule has 0 saturated heterocycles. The van der Waals surface area contributed by atoms with Crippen LogP contribution in [0.1, 0.15) is 66.7 Å². The molecule has 1 aliphatic heterocycles. The molecular weight excluding hydrogens is 210 g/mol. The number of hydrazone groups is 1. The van der Waals surface area contributed by atoms with Gasteiger partial charge in [-0.05, 0) is 40.0 Å². The standard InChI is InChI=1S/C14H29N3/c1-6-8-10-13-16(14(3,4)5)12-15-17(13)11-9-7-2/h12-13H,6-11H2,1-5H3. The van der Waals surface area contributed by atoms with Crippen molar-refractivity contribution < 1.29 is 0 Å². The second-order valence-electron chi connectivity index (χ2n) is 5.95. The molecule has 1 atom stereocenters. The Morgan fingerprint density at radius 2 is 1.76 bits per heavy atom. The topological polar surface area (TPSA) is 18.8 Å². The third-order valence-corrected chi connectivity index (χ3v) is 3.32. The summed E-state index contributed by atoms with van der Waals surface area (Å²) in [7, 11) is 0. The van der Waals surface area contributed by atoms with Crippen LogP contribution in [0.4, 0.5) is 0 Å².